The van der Waals surface area contributed by atoms with E-state index in [1.807, 2.05) is 61.5 Å². The second-order valence-corrected chi connectivity index (χ2v) is 14.5. The fraction of sp³-hybridized carbons (Fsp3) is 0.280. The van der Waals surface area contributed by atoms with Gasteiger partial charge in [0.1, 0.15) is 0 Å². The molecule has 0 aliphatic rings. The van der Waals surface area contributed by atoms with Crippen molar-refractivity contribution in [3.05, 3.63) is 99.8 Å². The van der Waals surface area contributed by atoms with Gasteiger partial charge in [0.2, 0.25) is 0 Å². The van der Waals surface area contributed by atoms with Crippen LogP contribution in [0, 0.1) is 6.92 Å². The minimum atomic E-state index is -1.61. The van der Waals surface area contributed by atoms with Gasteiger partial charge in [-0.15, -0.1) is 0 Å². The van der Waals surface area contributed by atoms with E-state index < -0.39 is 10.4 Å². The Hall–Kier alpha value is 2.46. The van der Waals surface area contributed by atoms with Gasteiger partial charge in [0.25, 0.3) is 3.25 Å². The van der Waals surface area contributed by atoms with E-state index in [1.165, 1.54) is 11.1 Å². The van der Waals surface area contributed by atoms with Crippen LogP contribution in [0.15, 0.2) is 68.0 Å². The molecule has 0 radical (unpaired) electrons. The minimum absolute atomic E-state index is 0. The van der Waals surface area contributed by atoms with Crippen molar-refractivity contribution < 1.29 is 45.2 Å². The van der Waals surface area contributed by atoms with Gasteiger partial charge < -0.3 is 9.84 Å². The van der Waals surface area contributed by atoms with Crippen molar-refractivity contribution in [2.45, 2.75) is 22.1 Å². The van der Waals surface area contributed by atoms with Gasteiger partial charge in [-0.3, -0.25) is 4.39 Å². The molecular weight excluding hydrogens is 942 g/mol. The van der Waals surface area contributed by atoms with Gasteiger partial charge in [0.05, 0.1) is 15.1 Å². The van der Waals surface area contributed by atoms with E-state index in [4.69, 9.17) is 92.4 Å². The Morgan fingerprint density at radius 1 is 0.775 bits per heavy atom. The van der Waals surface area contributed by atoms with Gasteiger partial charge in [-0.1, -0.05) is 145 Å². The summed E-state index contributed by atoms with van der Waals surface area (Å²) in [5, 5.41) is 11.4. The first-order valence-corrected chi connectivity index (χ1v) is 16.1. The molecule has 3 rings (SSSR count). The second kappa shape index (κ2) is 30.1. The molecule has 0 unspecified atom stereocenters. The molecule has 0 amide bonds. The Morgan fingerprint density at radius 2 is 1.10 bits per heavy atom. The average Bonchev–Trinajstić information content (AvgIpc) is 2.79. The SMILES string of the molecule is COCc1cc(Cl)cc(Br)c1.C[O-].Cc1cc(Cl)cc(Br)c1.ClC(Cl)(Cl)Cl.Clc1cc(Br)cc(CBr)c1.[2H]CF.[Na+]. The van der Waals surface area contributed by atoms with Crippen molar-refractivity contribution in [2.24, 2.45) is 0 Å². The summed E-state index contributed by atoms with van der Waals surface area (Å²) in [7, 11) is 1.41. The van der Waals surface area contributed by atoms with Gasteiger partial charge in [-0.05, 0) is 78.2 Å². The number of benzene rings is 3. The summed E-state index contributed by atoms with van der Waals surface area (Å²) in [6.07, 6.45) is 0. The fourth-order valence-electron chi connectivity index (χ4n) is 2.24. The smallest absolute Gasteiger partial charge is 0.857 e. The van der Waals surface area contributed by atoms with Crippen LogP contribution in [0.3, 0.4) is 0 Å². The average molecular weight is 968 g/mol. The first-order chi connectivity index (χ1) is 18.5. The summed E-state index contributed by atoms with van der Waals surface area (Å²) in [6.45, 7) is 2.61. The summed E-state index contributed by atoms with van der Waals surface area (Å²) in [5.41, 5.74) is 3.43. The maximum Gasteiger partial charge on any atom is 1.00 e. The van der Waals surface area contributed by atoms with Crippen LogP contribution in [0.4, 0.5) is 4.39 Å². The van der Waals surface area contributed by atoms with Gasteiger partial charge in [-0.25, -0.2) is 0 Å². The minimum Gasteiger partial charge on any atom is -0.857 e. The van der Waals surface area contributed by atoms with Crippen LogP contribution in [0.5, 0.6) is 0 Å². The molecule has 0 aliphatic carbocycles. The van der Waals surface area contributed by atoms with Crippen molar-refractivity contribution in [3.63, 3.8) is 0 Å². The zero-order valence-corrected chi connectivity index (χ0v) is 35.3. The van der Waals surface area contributed by atoms with Crippen molar-refractivity contribution in [1.82, 2.24) is 0 Å². The predicted molar refractivity (Wildman–Crippen MR) is 185 cm³/mol. The molecule has 0 spiro atoms. The Bertz CT molecular complexity index is 992. The molecule has 40 heavy (non-hydrogen) atoms. The van der Waals surface area contributed by atoms with Gasteiger partial charge in [-0.2, -0.15) is 7.11 Å². The van der Waals surface area contributed by atoms with E-state index in [2.05, 4.69) is 63.7 Å². The molecule has 0 saturated carbocycles. The number of rotatable bonds is 3. The van der Waals surface area contributed by atoms with Crippen LogP contribution >= 0.6 is 145 Å². The van der Waals surface area contributed by atoms with E-state index in [0.717, 1.165) is 46.5 Å². The normalized spacial score (nSPS) is 9.55. The van der Waals surface area contributed by atoms with E-state index in [1.54, 1.807) is 7.11 Å². The summed E-state index contributed by atoms with van der Waals surface area (Å²) >= 11 is 50.0. The molecule has 0 bridgehead atoms. The van der Waals surface area contributed by atoms with Crippen LogP contribution in [-0.2, 0) is 16.7 Å². The third-order valence-electron chi connectivity index (χ3n) is 3.32. The molecule has 3 aromatic carbocycles. The van der Waals surface area contributed by atoms with Crippen molar-refractivity contribution in [3.8, 4) is 0 Å². The van der Waals surface area contributed by atoms with E-state index >= 15 is 0 Å². The number of aryl methyl sites for hydroxylation is 1. The van der Waals surface area contributed by atoms with Gasteiger partial charge in [0.15, 0.2) is 0 Å². The molecule has 0 aromatic heterocycles. The number of alkyl halides is 6. The van der Waals surface area contributed by atoms with E-state index in [-0.39, 0.29) is 29.6 Å². The number of methoxy groups -OCH3 is 1. The molecule has 15 heteroatoms. The fourth-order valence-corrected chi connectivity index (χ4v) is 5.45. The molecule has 0 heterocycles. The van der Waals surface area contributed by atoms with Gasteiger partial charge in [0, 0.05) is 40.9 Å². The van der Waals surface area contributed by atoms with Crippen LogP contribution < -0.4 is 34.7 Å². The molecule has 0 aliphatic heterocycles. The maximum atomic E-state index is 9.96. The Balaban J connectivity index is -0.000000215. The topological polar surface area (TPSA) is 32.3 Å². The van der Waals surface area contributed by atoms with Crippen LogP contribution in [0.25, 0.3) is 0 Å². The standard InChI is InChI=1S/C8H8BrClO.C7H5Br2Cl.C7H6BrCl.CCl4.CH3F.CH3O.Na/c1-11-5-6-2-7(9)4-8(10)3-6;8-4-5-1-6(9)3-7(10)2-5;1-5-2-6(8)4-7(9)3-5;2-1(3,4)5;2*1-2;/h2-4H,5H2,1H3;1-3H,4H2;2-4H,1H3;;2*1H3;/q;;;;;-1;+1/i;;;;1D;;. The predicted octanol–water partition coefficient (Wildman–Crippen LogP) is 9.78. The largest absolute Gasteiger partial charge is 1.00 e. The summed E-state index contributed by atoms with van der Waals surface area (Å²) in [5.74, 6) is 0. The molecular formula is C25H25Br4Cl7FNaO2. The summed E-state index contributed by atoms with van der Waals surface area (Å²) in [6, 6.07) is 17.4. The van der Waals surface area contributed by atoms with Crippen molar-refractivity contribution >= 4 is 145 Å². The molecule has 2 nitrogen and oxygen atoms in total. The Kier molecular flexibility index (Phi) is 35.3. The number of hydrogen-bond acceptors (Lipinski definition) is 2. The van der Waals surface area contributed by atoms with Crippen molar-refractivity contribution in [1.29, 1.82) is 0 Å². The second-order valence-electron chi connectivity index (χ2n) is 6.50. The molecule has 3 aromatic rings. The maximum absolute atomic E-state index is 9.96. The quantitative estimate of drug-likeness (QED) is 0.194. The third-order valence-corrected chi connectivity index (χ3v) is 5.99. The summed E-state index contributed by atoms with van der Waals surface area (Å²) < 4.78 is 21.9. The van der Waals surface area contributed by atoms with Gasteiger partial charge >= 0.3 is 29.6 Å². The molecule has 222 valence electrons. The zero-order valence-electron chi connectivity index (χ0n) is 22.7. The third kappa shape index (κ3) is 33.4. The monoisotopic (exact) mass is 961 g/mol. The van der Waals surface area contributed by atoms with Crippen LogP contribution in [0.2, 0.25) is 15.1 Å². The molecule has 0 saturated heterocycles. The Labute approximate surface area is 329 Å². The summed E-state index contributed by atoms with van der Waals surface area (Å²) in [4.78, 5) is 0. The van der Waals surface area contributed by atoms with Crippen LogP contribution in [0.1, 0.15) is 18.1 Å². The number of ether oxygens (including phenoxy) is 1. The van der Waals surface area contributed by atoms with Crippen molar-refractivity contribution in [2.75, 3.05) is 21.4 Å². The Morgan fingerprint density at radius 3 is 1.40 bits per heavy atom. The van der Waals surface area contributed by atoms with E-state index in [9.17, 15) is 4.39 Å². The van der Waals surface area contributed by atoms with E-state index in [0.29, 0.717) is 6.61 Å². The number of halogens is 12. The van der Waals surface area contributed by atoms with Crippen LogP contribution in [-0.4, -0.2) is 24.6 Å². The zero-order chi connectivity index (χ0) is 31.9. The number of hydrogen-bond donors (Lipinski definition) is 0. The first kappa shape index (κ1) is 46.9. The first-order valence-electron chi connectivity index (χ1n) is 10.6. The molecule has 0 N–H and O–H groups in total. The molecule has 0 atom stereocenters. The molecule has 0 fully saturated rings.